The minimum absolute atomic E-state index is 0.0451. The van der Waals surface area contributed by atoms with Crippen molar-refractivity contribution >= 4 is 11.0 Å². The van der Waals surface area contributed by atoms with Crippen molar-refractivity contribution in [3.05, 3.63) is 36.5 Å². The predicted octanol–water partition coefficient (Wildman–Crippen LogP) is 1.86. The van der Waals surface area contributed by atoms with Crippen LogP contribution < -0.4 is 0 Å². The minimum Gasteiger partial charge on any atom is -0.505 e. The van der Waals surface area contributed by atoms with E-state index in [4.69, 9.17) is 0 Å². The molecule has 0 unspecified atom stereocenters. The normalized spacial score (nSPS) is 10.9. The number of hydrogen-bond donors (Lipinski definition) is 2. The summed E-state index contributed by atoms with van der Waals surface area (Å²) < 4.78 is 13.6. The molecule has 84 valence electrons. The summed E-state index contributed by atoms with van der Waals surface area (Å²) >= 11 is 0. The molecule has 0 aliphatic heterocycles. The zero-order valence-corrected chi connectivity index (χ0v) is 8.55. The smallest absolute Gasteiger partial charge is 0.192 e. The van der Waals surface area contributed by atoms with Crippen molar-refractivity contribution in [3.63, 3.8) is 0 Å². The van der Waals surface area contributed by atoms with Gasteiger partial charge in [0.2, 0.25) is 0 Å². The largest absolute Gasteiger partial charge is 0.505 e. The summed E-state index contributed by atoms with van der Waals surface area (Å²) in [5.74, 6) is -1.20. The van der Waals surface area contributed by atoms with Crippen molar-refractivity contribution < 1.29 is 9.50 Å². The molecule has 0 amide bonds. The number of aromatic hydroxyl groups is 1. The summed E-state index contributed by atoms with van der Waals surface area (Å²) in [5.41, 5.74) is 1.65. The topological polar surface area (TPSA) is 74.7 Å². The second-order valence-electron chi connectivity index (χ2n) is 3.51. The average Bonchev–Trinajstić information content (AvgIpc) is 2.87. The third-order valence-corrected chi connectivity index (χ3v) is 2.43. The van der Waals surface area contributed by atoms with Gasteiger partial charge in [-0.2, -0.15) is 5.10 Å². The van der Waals surface area contributed by atoms with Crippen molar-refractivity contribution in [1.29, 1.82) is 0 Å². The standard InChI is InChI=1S/C11H7FN4O/c12-10-9(17)2-1-7-11(10)16-8(5-13-7)6-3-14-15-4-6/h1-5,17H,(H,14,15). The molecule has 2 aromatic heterocycles. The molecule has 5 nitrogen and oxygen atoms in total. The van der Waals surface area contributed by atoms with Gasteiger partial charge in [-0.05, 0) is 12.1 Å². The lowest BCUT2D eigenvalue weighted by Crippen LogP contribution is -1.91. The van der Waals surface area contributed by atoms with E-state index in [1.165, 1.54) is 18.3 Å². The molecule has 0 aliphatic rings. The molecule has 1 aromatic carbocycles. The van der Waals surface area contributed by atoms with Gasteiger partial charge in [-0.1, -0.05) is 0 Å². The highest BCUT2D eigenvalue weighted by atomic mass is 19.1. The van der Waals surface area contributed by atoms with Gasteiger partial charge in [0, 0.05) is 11.8 Å². The molecule has 0 radical (unpaired) electrons. The van der Waals surface area contributed by atoms with Gasteiger partial charge in [-0.25, -0.2) is 9.37 Å². The average molecular weight is 230 g/mol. The number of rotatable bonds is 1. The Morgan fingerprint density at radius 2 is 2.12 bits per heavy atom. The minimum atomic E-state index is -0.764. The van der Waals surface area contributed by atoms with E-state index in [9.17, 15) is 9.50 Å². The Balaban J connectivity index is 2.28. The number of hydrogen-bond acceptors (Lipinski definition) is 4. The molecular weight excluding hydrogens is 223 g/mol. The van der Waals surface area contributed by atoms with Crippen LogP contribution >= 0.6 is 0 Å². The van der Waals surface area contributed by atoms with Crippen LogP contribution in [0.4, 0.5) is 4.39 Å². The Kier molecular flexibility index (Phi) is 2.01. The van der Waals surface area contributed by atoms with Crippen LogP contribution in [0.5, 0.6) is 5.75 Å². The second kappa shape index (κ2) is 3.51. The van der Waals surface area contributed by atoms with Crippen LogP contribution in [0, 0.1) is 5.82 Å². The highest BCUT2D eigenvalue weighted by Crippen LogP contribution is 2.24. The zero-order chi connectivity index (χ0) is 11.8. The quantitative estimate of drug-likeness (QED) is 0.669. The fraction of sp³-hybridized carbons (Fsp3) is 0. The van der Waals surface area contributed by atoms with Gasteiger partial charge in [0.05, 0.1) is 23.6 Å². The van der Waals surface area contributed by atoms with E-state index in [-0.39, 0.29) is 5.52 Å². The predicted molar refractivity (Wildman–Crippen MR) is 58.7 cm³/mol. The van der Waals surface area contributed by atoms with Crippen LogP contribution in [-0.4, -0.2) is 25.3 Å². The Hall–Kier alpha value is -2.50. The number of H-pyrrole nitrogens is 1. The first-order chi connectivity index (χ1) is 8.25. The summed E-state index contributed by atoms with van der Waals surface area (Å²) in [6, 6.07) is 2.77. The molecule has 2 heterocycles. The SMILES string of the molecule is Oc1ccc2ncc(-c3cn[nH]c3)nc2c1F. The number of aromatic nitrogens is 4. The van der Waals surface area contributed by atoms with Gasteiger partial charge < -0.3 is 5.11 Å². The van der Waals surface area contributed by atoms with E-state index in [0.717, 1.165) is 0 Å². The molecule has 0 saturated carbocycles. The molecule has 6 heteroatoms. The third kappa shape index (κ3) is 1.50. The maximum absolute atomic E-state index is 13.6. The number of nitrogens with one attached hydrogen (secondary N) is 1. The van der Waals surface area contributed by atoms with Crippen LogP contribution in [0.2, 0.25) is 0 Å². The number of phenolic OH excluding ortho intramolecular Hbond substituents is 1. The van der Waals surface area contributed by atoms with Crippen molar-refractivity contribution in [2.24, 2.45) is 0 Å². The maximum atomic E-state index is 13.6. The zero-order valence-electron chi connectivity index (χ0n) is 8.55. The van der Waals surface area contributed by atoms with E-state index in [2.05, 4.69) is 20.2 Å². The van der Waals surface area contributed by atoms with E-state index in [1.807, 2.05) is 0 Å². The summed E-state index contributed by atoms with van der Waals surface area (Å²) in [7, 11) is 0. The number of aromatic amines is 1. The van der Waals surface area contributed by atoms with Crippen molar-refractivity contribution in [1.82, 2.24) is 20.2 Å². The molecule has 0 atom stereocenters. The van der Waals surface area contributed by atoms with Gasteiger partial charge >= 0.3 is 0 Å². The lowest BCUT2D eigenvalue weighted by atomic mass is 10.2. The molecule has 0 saturated heterocycles. The van der Waals surface area contributed by atoms with Crippen LogP contribution in [0.1, 0.15) is 0 Å². The van der Waals surface area contributed by atoms with Gasteiger partial charge in [0.25, 0.3) is 0 Å². The summed E-state index contributed by atoms with van der Waals surface area (Å²) in [4.78, 5) is 8.20. The Morgan fingerprint density at radius 1 is 1.24 bits per heavy atom. The van der Waals surface area contributed by atoms with Crippen LogP contribution in [-0.2, 0) is 0 Å². The first-order valence-electron chi connectivity index (χ1n) is 4.89. The lowest BCUT2D eigenvalue weighted by molar-refractivity contribution is 0.435. The van der Waals surface area contributed by atoms with E-state index in [1.54, 1.807) is 12.4 Å². The number of fused-ring (bicyclic) bond motifs is 1. The Bertz CT molecular complexity index is 681. The van der Waals surface area contributed by atoms with Gasteiger partial charge in [0.15, 0.2) is 11.6 Å². The number of phenols is 1. The highest BCUT2D eigenvalue weighted by Gasteiger charge is 2.10. The second-order valence-corrected chi connectivity index (χ2v) is 3.51. The summed E-state index contributed by atoms with van der Waals surface area (Å²) in [6.07, 6.45) is 4.73. The van der Waals surface area contributed by atoms with Gasteiger partial charge in [-0.15, -0.1) is 0 Å². The molecule has 0 aliphatic carbocycles. The third-order valence-electron chi connectivity index (χ3n) is 2.43. The molecule has 0 spiro atoms. The number of halogens is 1. The Labute approximate surface area is 95.0 Å². The van der Waals surface area contributed by atoms with E-state index < -0.39 is 11.6 Å². The molecule has 3 rings (SSSR count). The molecule has 2 N–H and O–H groups in total. The van der Waals surface area contributed by atoms with Crippen molar-refractivity contribution in [3.8, 4) is 17.0 Å². The maximum Gasteiger partial charge on any atom is 0.192 e. The molecular formula is C11H7FN4O. The van der Waals surface area contributed by atoms with Crippen molar-refractivity contribution in [2.75, 3.05) is 0 Å². The van der Waals surface area contributed by atoms with Gasteiger partial charge in [0.1, 0.15) is 5.52 Å². The first-order valence-corrected chi connectivity index (χ1v) is 4.89. The lowest BCUT2D eigenvalue weighted by Gasteiger charge is -2.02. The molecule has 0 fully saturated rings. The van der Waals surface area contributed by atoms with Crippen molar-refractivity contribution in [2.45, 2.75) is 0 Å². The molecule has 17 heavy (non-hydrogen) atoms. The van der Waals surface area contributed by atoms with Crippen LogP contribution in [0.25, 0.3) is 22.3 Å². The summed E-state index contributed by atoms with van der Waals surface area (Å²) in [6.45, 7) is 0. The highest BCUT2D eigenvalue weighted by molar-refractivity contribution is 5.79. The van der Waals surface area contributed by atoms with Crippen LogP contribution in [0.15, 0.2) is 30.7 Å². The fourth-order valence-electron chi connectivity index (χ4n) is 1.56. The van der Waals surface area contributed by atoms with Crippen LogP contribution in [0.3, 0.4) is 0 Å². The molecule has 3 aromatic rings. The fourth-order valence-corrected chi connectivity index (χ4v) is 1.56. The first kappa shape index (κ1) is 9.71. The number of nitrogens with zero attached hydrogens (tertiary/aromatic N) is 3. The van der Waals surface area contributed by atoms with E-state index >= 15 is 0 Å². The number of benzene rings is 1. The summed E-state index contributed by atoms with van der Waals surface area (Å²) in [5, 5.41) is 15.7. The monoisotopic (exact) mass is 230 g/mol. The van der Waals surface area contributed by atoms with Gasteiger partial charge in [-0.3, -0.25) is 10.1 Å². The Morgan fingerprint density at radius 3 is 2.88 bits per heavy atom. The van der Waals surface area contributed by atoms with E-state index in [0.29, 0.717) is 16.8 Å². The molecule has 0 bridgehead atoms.